The highest BCUT2D eigenvalue weighted by atomic mass is 32.1. The van der Waals surface area contributed by atoms with E-state index in [1.54, 1.807) is 17.4 Å². The van der Waals surface area contributed by atoms with Crippen LogP contribution < -0.4 is 5.32 Å². The van der Waals surface area contributed by atoms with Gasteiger partial charge >= 0.3 is 0 Å². The first kappa shape index (κ1) is 14.7. The van der Waals surface area contributed by atoms with Gasteiger partial charge in [0.2, 0.25) is 0 Å². The Balaban J connectivity index is 1.84. The lowest BCUT2D eigenvalue weighted by molar-refractivity contribution is 0.0587. The highest BCUT2D eigenvalue weighted by molar-refractivity contribution is 7.13. The SMILES string of the molecule is COCC(O)CCNC(=O)c1cc(-c2cccs2)[nH]n1. The molecular weight excluding hydrogens is 278 g/mol. The predicted molar refractivity (Wildman–Crippen MR) is 76.7 cm³/mol. The van der Waals surface area contributed by atoms with E-state index >= 15 is 0 Å². The van der Waals surface area contributed by atoms with Crippen LogP contribution in [0.25, 0.3) is 10.6 Å². The number of aromatic amines is 1. The van der Waals surface area contributed by atoms with Gasteiger partial charge in [0.05, 0.1) is 23.3 Å². The summed E-state index contributed by atoms with van der Waals surface area (Å²) >= 11 is 1.58. The number of carbonyl (C=O) groups excluding carboxylic acids is 1. The van der Waals surface area contributed by atoms with Crippen molar-refractivity contribution in [2.75, 3.05) is 20.3 Å². The molecule has 1 amide bonds. The Labute approximate surface area is 120 Å². The molecule has 2 aromatic heterocycles. The lowest BCUT2D eigenvalue weighted by atomic mass is 10.2. The normalized spacial score (nSPS) is 12.3. The smallest absolute Gasteiger partial charge is 0.271 e. The summed E-state index contributed by atoms with van der Waals surface area (Å²) in [5.74, 6) is -0.256. The highest BCUT2D eigenvalue weighted by Crippen LogP contribution is 2.22. The average molecular weight is 295 g/mol. The van der Waals surface area contributed by atoms with Gasteiger partial charge in [-0.05, 0) is 23.9 Å². The van der Waals surface area contributed by atoms with Crippen LogP contribution in [0.15, 0.2) is 23.6 Å². The summed E-state index contributed by atoms with van der Waals surface area (Å²) in [7, 11) is 1.53. The summed E-state index contributed by atoms with van der Waals surface area (Å²) in [6, 6.07) is 5.62. The number of amides is 1. The van der Waals surface area contributed by atoms with E-state index in [1.807, 2.05) is 17.5 Å². The second-order valence-electron chi connectivity index (χ2n) is 4.30. The van der Waals surface area contributed by atoms with Gasteiger partial charge in [-0.1, -0.05) is 6.07 Å². The number of hydrogen-bond acceptors (Lipinski definition) is 5. The first-order chi connectivity index (χ1) is 9.70. The van der Waals surface area contributed by atoms with E-state index in [-0.39, 0.29) is 12.5 Å². The Bertz CT molecular complexity index is 539. The number of aliphatic hydroxyl groups excluding tert-OH is 1. The second-order valence-corrected chi connectivity index (χ2v) is 5.25. The summed E-state index contributed by atoms with van der Waals surface area (Å²) in [5, 5.41) is 21.0. The lowest BCUT2D eigenvalue weighted by Gasteiger charge is -2.09. The van der Waals surface area contributed by atoms with Crippen LogP contribution in [-0.4, -0.2) is 47.6 Å². The molecule has 0 aliphatic heterocycles. The second kappa shape index (κ2) is 7.18. The maximum atomic E-state index is 11.9. The summed E-state index contributed by atoms with van der Waals surface area (Å²) in [5.41, 5.74) is 1.17. The van der Waals surface area contributed by atoms with Crippen LogP contribution in [0, 0.1) is 0 Å². The van der Waals surface area contributed by atoms with Crippen LogP contribution in [0.4, 0.5) is 0 Å². The molecule has 0 fully saturated rings. The zero-order valence-electron chi connectivity index (χ0n) is 11.1. The monoisotopic (exact) mass is 295 g/mol. The Morgan fingerprint density at radius 3 is 3.20 bits per heavy atom. The molecule has 0 aromatic carbocycles. The van der Waals surface area contributed by atoms with E-state index in [0.29, 0.717) is 18.7 Å². The molecule has 0 bridgehead atoms. The number of hydrogen-bond donors (Lipinski definition) is 3. The number of nitrogens with one attached hydrogen (secondary N) is 2. The number of nitrogens with zero attached hydrogens (tertiary/aromatic N) is 1. The van der Waals surface area contributed by atoms with E-state index < -0.39 is 6.10 Å². The van der Waals surface area contributed by atoms with Gasteiger partial charge in [-0.3, -0.25) is 9.89 Å². The van der Waals surface area contributed by atoms with Crippen LogP contribution in [0.2, 0.25) is 0 Å². The van der Waals surface area contributed by atoms with Gasteiger partial charge in [-0.2, -0.15) is 5.10 Å². The number of ether oxygens (including phenoxy) is 1. The molecule has 108 valence electrons. The fraction of sp³-hybridized carbons (Fsp3) is 0.385. The zero-order chi connectivity index (χ0) is 14.4. The van der Waals surface area contributed by atoms with Crippen LogP contribution in [0.1, 0.15) is 16.9 Å². The topological polar surface area (TPSA) is 87.2 Å². The molecule has 7 heteroatoms. The molecule has 0 saturated carbocycles. The standard InChI is InChI=1S/C13H17N3O3S/c1-19-8-9(17)4-5-14-13(18)11-7-10(15-16-11)12-3-2-6-20-12/h2-3,6-7,9,17H,4-5,8H2,1H3,(H,14,18)(H,15,16). The molecule has 3 N–H and O–H groups in total. The third kappa shape index (κ3) is 3.89. The summed E-state index contributed by atoms with van der Waals surface area (Å²) in [6.07, 6.45) is -0.122. The van der Waals surface area contributed by atoms with Gasteiger partial charge in [-0.25, -0.2) is 0 Å². The summed E-state index contributed by atoms with van der Waals surface area (Å²) < 4.78 is 4.81. The van der Waals surface area contributed by atoms with Crippen molar-refractivity contribution >= 4 is 17.2 Å². The van der Waals surface area contributed by atoms with Crippen molar-refractivity contribution in [3.05, 3.63) is 29.3 Å². The van der Waals surface area contributed by atoms with Crippen molar-refractivity contribution in [2.45, 2.75) is 12.5 Å². The van der Waals surface area contributed by atoms with Gasteiger partial charge in [0.1, 0.15) is 0 Å². The van der Waals surface area contributed by atoms with Crippen LogP contribution in [0.5, 0.6) is 0 Å². The van der Waals surface area contributed by atoms with Crippen molar-refractivity contribution in [1.29, 1.82) is 0 Å². The quantitative estimate of drug-likeness (QED) is 0.718. The fourth-order valence-electron chi connectivity index (χ4n) is 1.71. The number of aromatic nitrogens is 2. The third-order valence-corrected chi connectivity index (χ3v) is 3.62. The van der Waals surface area contributed by atoms with E-state index in [2.05, 4.69) is 15.5 Å². The first-order valence-electron chi connectivity index (χ1n) is 6.25. The molecule has 2 heterocycles. The average Bonchev–Trinajstić information content (AvgIpc) is 3.10. The Morgan fingerprint density at radius 2 is 2.50 bits per heavy atom. The van der Waals surface area contributed by atoms with Gasteiger partial charge in [0, 0.05) is 13.7 Å². The van der Waals surface area contributed by atoms with Crippen molar-refractivity contribution in [3.8, 4) is 10.6 Å². The van der Waals surface area contributed by atoms with E-state index in [9.17, 15) is 9.90 Å². The minimum Gasteiger partial charge on any atom is -0.391 e. The minimum absolute atomic E-state index is 0.256. The van der Waals surface area contributed by atoms with E-state index in [0.717, 1.165) is 10.6 Å². The maximum absolute atomic E-state index is 11.9. The highest BCUT2D eigenvalue weighted by Gasteiger charge is 2.12. The maximum Gasteiger partial charge on any atom is 0.271 e. The third-order valence-electron chi connectivity index (χ3n) is 2.72. The molecule has 1 unspecified atom stereocenters. The molecule has 1 atom stereocenters. The first-order valence-corrected chi connectivity index (χ1v) is 7.13. The van der Waals surface area contributed by atoms with E-state index in [4.69, 9.17) is 4.74 Å². The molecule has 0 radical (unpaired) electrons. The molecule has 2 rings (SSSR count). The predicted octanol–water partition coefficient (Wildman–Crippen LogP) is 1.27. The van der Waals surface area contributed by atoms with Gasteiger partial charge in [0.15, 0.2) is 5.69 Å². The lowest BCUT2D eigenvalue weighted by Crippen LogP contribution is -2.28. The molecular formula is C13H17N3O3S. The Hall–Kier alpha value is -1.70. The molecule has 2 aromatic rings. The number of H-pyrrole nitrogens is 1. The number of thiophene rings is 1. The number of rotatable bonds is 7. The molecule has 20 heavy (non-hydrogen) atoms. The Kier molecular flexibility index (Phi) is 5.28. The molecule has 0 spiro atoms. The number of aliphatic hydroxyl groups is 1. The van der Waals surface area contributed by atoms with Crippen molar-refractivity contribution in [1.82, 2.24) is 15.5 Å². The molecule has 0 saturated heterocycles. The number of carbonyl (C=O) groups is 1. The zero-order valence-corrected chi connectivity index (χ0v) is 11.9. The van der Waals surface area contributed by atoms with Crippen LogP contribution in [0.3, 0.4) is 0 Å². The number of methoxy groups -OCH3 is 1. The Morgan fingerprint density at radius 1 is 1.65 bits per heavy atom. The van der Waals surface area contributed by atoms with Crippen LogP contribution >= 0.6 is 11.3 Å². The summed E-state index contributed by atoms with van der Waals surface area (Å²) in [4.78, 5) is 12.9. The van der Waals surface area contributed by atoms with Gasteiger partial charge in [-0.15, -0.1) is 11.3 Å². The van der Waals surface area contributed by atoms with Gasteiger partial charge < -0.3 is 15.2 Å². The summed E-state index contributed by atoms with van der Waals surface area (Å²) in [6.45, 7) is 0.644. The minimum atomic E-state index is -0.568. The van der Waals surface area contributed by atoms with Gasteiger partial charge in [0.25, 0.3) is 5.91 Å². The van der Waals surface area contributed by atoms with Crippen molar-refractivity contribution in [2.24, 2.45) is 0 Å². The fourth-order valence-corrected chi connectivity index (χ4v) is 2.41. The molecule has 0 aliphatic rings. The molecule has 6 nitrogen and oxygen atoms in total. The van der Waals surface area contributed by atoms with Crippen LogP contribution in [-0.2, 0) is 4.74 Å². The van der Waals surface area contributed by atoms with Crippen molar-refractivity contribution in [3.63, 3.8) is 0 Å². The largest absolute Gasteiger partial charge is 0.391 e. The molecule has 0 aliphatic carbocycles. The van der Waals surface area contributed by atoms with E-state index in [1.165, 1.54) is 7.11 Å². The van der Waals surface area contributed by atoms with Crippen molar-refractivity contribution < 1.29 is 14.6 Å².